The van der Waals surface area contributed by atoms with E-state index in [1.807, 2.05) is 0 Å². The topological polar surface area (TPSA) is 12.0 Å². The van der Waals surface area contributed by atoms with Gasteiger partial charge in [0.1, 0.15) is 0 Å². The highest BCUT2D eigenvalue weighted by Crippen LogP contribution is 2.45. The van der Waals surface area contributed by atoms with E-state index in [4.69, 9.17) is 0 Å². The van der Waals surface area contributed by atoms with Crippen molar-refractivity contribution in [3.8, 4) is 0 Å². The lowest BCUT2D eigenvalue weighted by molar-refractivity contribution is 0.393. The standard InChI is InChI=1S/C16H33N/c1-5-7-9-11-14(12-10-8-6-2)17-15-13-16(15,3)4/h14-15,17H,5-13H2,1-4H3. The van der Waals surface area contributed by atoms with Crippen LogP contribution in [0, 0.1) is 5.41 Å². The van der Waals surface area contributed by atoms with E-state index in [0.717, 1.165) is 12.1 Å². The predicted molar refractivity (Wildman–Crippen MR) is 77.4 cm³/mol. The highest BCUT2D eigenvalue weighted by atomic mass is 15.0. The van der Waals surface area contributed by atoms with Gasteiger partial charge in [-0.3, -0.25) is 0 Å². The highest BCUT2D eigenvalue weighted by Gasteiger charge is 2.45. The van der Waals surface area contributed by atoms with Gasteiger partial charge in [0.2, 0.25) is 0 Å². The highest BCUT2D eigenvalue weighted by molar-refractivity contribution is 5.02. The van der Waals surface area contributed by atoms with Crippen LogP contribution in [0.15, 0.2) is 0 Å². The summed E-state index contributed by atoms with van der Waals surface area (Å²) in [4.78, 5) is 0. The predicted octanol–water partition coefficient (Wildman–Crippen LogP) is 4.90. The van der Waals surface area contributed by atoms with Gasteiger partial charge in [-0.15, -0.1) is 0 Å². The Hall–Kier alpha value is -0.0400. The molecule has 0 aromatic rings. The van der Waals surface area contributed by atoms with Crippen LogP contribution in [-0.4, -0.2) is 12.1 Å². The summed E-state index contributed by atoms with van der Waals surface area (Å²) in [5.74, 6) is 0. The van der Waals surface area contributed by atoms with Gasteiger partial charge in [-0.2, -0.15) is 0 Å². The summed E-state index contributed by atoms with van der Waals surface area (Å²) in [7, 11) is 0. The van der Waals surface area contributed by atoms with Gasteiger partial charge in [0.15, 0.2) is 0 Å². The second-order valence-electron chi connectivity index (χ2n) is 6.60. The molecule has 1 heteroatoms. The zero-order valence-electron chi connectivity index (χ0n) is 12.5. The smallest absolute Gasteiger partial charge is 0.0127 e. The molecule has 1 aliphatic carbocycles. The summed E-state index contributed by atoms with van der Waals surface area (Å²) < 4.78 is 0. The molecule has 1 aliphatic rings. The van der Waals surface area contributed by atoms with Crippen LogP contribution in [0.1, 0.15) is 85.5 Å². The van der Waals surface area contributed by atoms with Crippen molar-refractivity contribution in [3.05, 3.63) is 0 Å². The van der Waals surface area contributed by atoms with Crippen LogP contribution in [0.5, 0.6) is 0 Å². The second kappa shape index (κ2) is 7.41. The first-order valence-electron chi connectivity index (χ1n) is 7.86. The molecule has 1 atom stereocenters. The van der Waals surface area contributed by atoms with E-state index in [9.17, 15) is 0 Å². The van der Waals surface area contributed by atoms with Crippen LogP contribution in [-0.2, 0) is 0 Å². The number of hydrogen-bond donors (Lipinski definition) is 1. The third kappa shape index (κ3) is 5.90. The Balaban J connectivity index is 2.20. The Labute approximate surface area is 109 Å². The molecule has 0 aromatic heterocycles. The lowest BCUT2D eigenvalue weighted by atomic mass is 10.0. The van der Waals surface area contributed by atoms with Crippen molar-refractivity contribution < 1.29 is 0 Å². The van der Waals surface area contributed by atoms with Crippen LogP contribution in [0.25, 0.3) is 0 Å². The van der Waals surface area contributed by atoms with Crippen molar-refractivity contribution in [2.75, 3.05) is 0 Å². The molecule has 1 saturated carbocycles. The van der Waals surface area contributed by atoms with E-state index in [-0.39, 0.29) is 0 Å². The first-order chi connectivity index (χ1) is 8.10. The molecule has 0 spiro atoms. The van der Waals surface area contributed by atoms with E-state index in [0.29, 0.717) is 5.41 Å². The summed E-state index contributed by atoms with van der Waals surface area (Å²) in [6, 6.07) is 1.59. The molecule has 0 radical (unpaired) electrons. The minimum atomic E-state index is 0.577. The van der Waals surface area contributed by atoms with Crippen LogP contribution in [0.4, 0.5) is 0 Å². The maximum Gasteiger partial charge on any atom is 0.0127 e. The first-order valence-corrected chi connectivity index (χ1v) is 7.86. The summed E-state index contributed by atoms with van der Waals surface area (Å²) in [6.07, 6.45) is 12.5. The molecule has 1 unspecified atom stereocenters. The minimum Gasteiger partial charge on any atom is -0.311 e. The number of nitrogens with one attached hydrogen (secondary N) is 1. The molecule has 1 N–H and O–H groups in total. The third-order valence-electron chi connectivity index (χ3n) is 4.26. The Morgan fingerprint density at radius 3 is 1.82 bits per heavy atom. The quantitative estimate of drug-likeness (QED) is 0.534. The molecule has 0 saturated heterocycles. The fraction of sp³-hybridized carbons (Fsp3) is 1.00. The molecule has 1 nitrogen and oxygen atoms in total. The van der Waals surface area contributed by atoms with Gasteiger partial charge in [0.05, 0.1) is 0 Å². The summed E-state index contributed by atoms with van der Waals surface area (Å²) in [5.41, 5.74) is 0.577. The van der Waals surface area contributed by atoms with E-state index < -0.39 is 0 Å². The number of hydrogen-bond acceptors (Lipinski definition) is 1. The van der Waals surface area contributed by atoms with Gasteiger partial charge >= 0.3 is 0 Å². The lowest BCUT2D eigenvalue weighted by Gasteiger charge is -2.20. The van der Waals surface area contributed by atoms with Crippen LogP contribution < -0.4 is 5.32 Å². The molecule has 1 fully saturated rings. The van der Waals surface area contributed by atoms with Gasteiger partial charge in [-0.1, -0.05) is 66.2 Å². The molecule has 0 bridgehead atoms. The van der Waals surface area contributed by atoms with Gasteiger partial charge < -0.3 is 5.32 Å². The summed E-state index contributed by atoms with van der Waals surface area (Å²) in [5, 5.41) is 3.90. The van der Waals surface area contributed by atoms with Crippen molar-refractivity contribution in [1.29, 1.82) is 0 Å². The molecule has 17 heavy (non-hydrogen) atoms. The molecule has 0 amide bonds. The van der Waals surface area contributed by atoms with E-state index in [1.54, 1.807) is 0 Å². The summed E-state index contributed by atoms with van der Waals surface area (Å²) >= 11 is 0. The van der Waals surface area contributed by atoms with Crippen molar-refractivity contribution in [3.63, 3.8) is 0 Å². The monoisotopic (exact) mass is 239 g/mol. The number of unbranched alkanes of at least 4 members (excludes halogenated alkanes) is 4. The molecule has 0 aliphatic heterocycles. The average Bonchev–Trinajstić information content (AvgIpc) is 2.86. The molecule has 102 valence electrons. The van der Waals surface area contributed by atoms with Crippen molar-refractivity contribution in [2.24, 2.45) is 5.41 Å². The first kappa shape index (κ1) is 15.0. The van der Waals surface area contributed by atoms with Crippen molar-refractivity contribution >= 4 is 0 Å². The second-order valence-corrected chi connectivity index (χ2v) is 6.60. The van der Waals surface area contributed by atoms with E-state index in [1.165, 1.54) is 57.8 Å². The molecule has 1 rings (SSSR count). The van der Waals surface area contributed by atoms with Crippen molar-refractivity contribution in [1.82, 2.24) is 5.32 Å². The van der Waals surface area contributed by atoms with Crippen LogP contribution in [0.2, 0.25) is 0 Å². The maximum atomic E-state index is 3.90. The zero-order valence-corrected chi connectivity index (χ0v) is 12.5. The van der Waals surface area contributed by atoms with Crippen LogP contribution in [0.3, 0.4) is 0 Å². The maximum absolute atomic E-state index is 3.90. The van der Waals surface area contributed by atoms with Gasteiger partial charge in [-0.05, 0) is 24.7 Å². The van der Waals surface area contributed by atoms with Gasteiger partial charge in [0.25, 0.3) is 0 Å². The fourth-order valence-electron chi connectivity index (χ4n) is 2.63. The number of rotatable bonds is 10. The Bertz CT molecular complexity index is 188. The fourth-order valence-corrected chi connectivity index (χ4v) is 2.63. The molecular weight excluding hydrogens is 206 g/mol. The summed E-state index contributed by atoms with van der Waals surface area (Å²) in [6.45, 7) is 9.37. The van der Waals surface area contributed by atoms with Gasteiger partial charge in [-0.25, -0.2) is 0 Å². The third-order valence-corrected chi connectivity index (χ3v) is 4.26. The Kier molecular flexibility index (Phi) is 6.54. The van der Waals surface area contributed by atoms with Crippen molar-refractivity contribution in [2.45, 2.75) is 97.6 Å². The van der Waals surface area contributed by atoms with E-state index >= 15 is 0 Å². The normalized spacial score (nSPS) is 22.1. The zero-order chi connectivity index (χ0) is 12.7. The molecule has 0 aromatic carbocycles. The molecule has 0 heterocycles. The molecular formula is C16H33N. The van der Waals surface area contributed by atoms with Crippen LogP contribution >= 0.6 is 0 Å². The van der Waals surface area contributed by atoms with Gasteiger partial charge in [0, 0.05) is 12.1 Å². The largest absolute Gasteiger partial charge is 0.311 e. The lowest BCUT2D eigenvalue weighted by Crippen LogP contribution is -2.33. The Morgan fingerprint density at radius 1 is 1.00 bits per heavy atom. The minimum absolute atomic E-state index is 0.577. The SMILES string of the molecule is CCCCCC(CCCCC)NC1CC1(C)C. The average molecular weight is 239 g/mol. The van der Waals surface area contributed by atoms with E-state index in [2.05, 4.69) is 33.0 Å². The Morgan fingerprint density at radius 2 is 1.47 bits per heavy atom.